The third kappa shape index (κ3) is 2.70. The van der Waals surface area contributed by atoms with Gasteiger partial charge in [-0.15, -0.1) is 0 Å². The van der Waals surface area contributed by atoms with E-state index < -0.39 is 11.7 Å². The van der Waals surface area contributed by atoms with Crippen LogP contribution in [0.3, 0.4) is 0 Å². The summed E-state index contributed by atoms with van der Waals surface area (Å²) in [6, 6.07) is 1.90. The molecule has 0 radical (unpaired) electrons. The summed E-state index contributed by atoms with van der Waals surface area (Å²) >= 11 is 0. The number of aryl methyl sites for hydroxylation is 1. The summed E-state index contributed by atoms with van der Waals surface area (Å²) in [5.74, 6) is 0. The summed E-state index contributed by atoms with van der Waals surface area (Å²) in [5, 5.41) is 15.0. The van der Waals surface area contributed by atoms with Crippen molar-refractivity contribution in [2.45, 2.75) is 64.7 Å². The predicted octanol–water partition coefficient (Wildman–Crippen LogP) is 2.92. The van der Waals surface area contributed by atoms with E-state index in [2.05, 4.69) is 18.9 Å². The molecular formula is C15H26N2O2. The van der Waals surface area contributed by atoms with Crippen molar-refractivity contribution in [1.29, 1.82) is 0 Å². The molecule has 2 rings (SSSR count). The topological polar surface area (TPSA) is 47.3 Å². The Morgan fingerprint density at radius 3 is 2.53 bits per heavy atom. The van der Waals surface area contributed by atoms with Gasteiger partial charge in [0.1, 0.15) is 6.10 Å². The highest BCUT2D eigenvalue weighted by Gasteiger charge is 2.45. The Morgan fingerprint density at radius 1 is 1.37 bits per heavy atom. The lowest BCUT2D eigenvalue weighted by atomic mass is 9.68. The van der Waals surface area contributed by atoms with Crippen molar-refractivity contribution < 1.29 is 9.84 Å². The summed E-state index contributed by atoms with van der Waals surface area (Å²) in [6.07, 6.45) is 5.10. The molecule has 1 atom stereocenters. The van der Waals surface area contributed by atoms with E-state index in [1.165, 1.54) is 0 Å². The van der Waals surface area contributed by atoms with Crippen molar-refractivity contribution in [3.8, 4) is 0 Å². The Bertz CT molecular complexity index is 416. The molecule has 1 heterocycles. The van der Waals surface area contributed by atoms with Gasteiger partial charge >= 0.3 is 0 Å². The monoisotopic (exact) mass is 266 g/mol. The molecule has 1 unspecified atom stereocenters. The second-order valence-electron chi connectivity index (χ2n) is 6.41. The van der Waals surface area contributed by atoms with Crippen molar-refractivity contribution in [1.82, 2.24) is 9.78 Å². The highest BCUT2D eigenvalue weighted by atomic mass is 16.5. The molecule has 1 aliphatic carbocycles. The van der Waals surface area contributed by atoms with E-state index in [-0.39, 0.29) is 0 Å². The fraction of sp³-hybridized carbons (Fsp3) is 0.800. The average Bonchev–Trinajstić information content (AvgIpc) is 2.87. The summed E-state index contributed by atoms with van der Waals surface area (Å²) in [7, 11) is 1.72. The minimum atomic E-state index is -0.601. The van der Waals surface area contributed by atoms with Crippen LogP contribution in [-0.2, 0) is 11.3 Å². The van der Waals surface area contributed by atoms with E-state index in [4.69, 9.17) is 4.74 Å². The van der Waals surface area contributed by atoms with Gasteiger partial charge in [0, 0.05) is 19.9 Å². The lowest BCUT2D eigenvalue weighted by Crippen LogP contribution is -2.44. The first-order valence-electron chi connectivity index (χ1n) is 7.19. The molecule has 108 valence electrons. The van der Waals surface area contributed by atoms with Crippen LogP contribution in [-0.4, -0.2) is 27.6 Å². The van der Waals surface area contributed by atoms with Crippen LogP contribution in [0.5, 0.6) is 0 Å². The first kappa shape index (κ1) is 14.5. The van der Waals surface area contributed by atoms with Crippen molar-refractivity contribution in [3.63, 3.8) is 0 Å². The summed E-state index contributed by atoms with van der Waals surface area (Å²) < 4.78 is 7.62. The number of nitrogens with zero attached hydrogens (tertiary/aromatic N) is 2. The zero-order valence-corrected chi connectivity index (χ0v) is 12.5. The SMILES string of the molecule is CCn1nccc1C(O)C1(OC)CCC(C)(C)CC1. The molecule has 1 aliphatic rings. The van der Waals surface area contributed by atoms with Crippen molar-refractivity contribution in [2.24, 2.45) is 5.41 Å². The second kappa shape index (κ2) is 5.25. The fourth-order valence-corrected chi connectivity index (χ4v) is 3.05. The molecule has 0 bridgehead atoms. The minimum absolute atomic E-state index is 0.354. The zero-order chi connectivity index (χ0) is 14.1. The largest absolute Gasteiger partial charge is 0.384 e. The summed E-state index contributed by atoms with van der Waals surface area (Å²) in [4.78, 5) is 0. The number of ether oxygens (including phenoxy) is 1. The van der Waals surface area contributed by atoms with Gasteiger partial charge in [-0.1, -0.05) is 13.8 Å². The molecule has 0 spiro atoms. The third-order valence-corrected chi connectivity index (χ3v) is 4.68. The molecule has 0 aliphatic heterocycles. The van der Waals surface area contributed by atoms with Gasteiger partial charge in [-0.2, -0.15) is 5.10 Å². The van der Waals surface area contributed by atoms with Crippen molar-refractivity contribution in [3.05, 3.63) is 18.0 Å². The maximum Gasteiger partial charge on any atom is 0.124 e. The predicted molar refractivity (Wildman–Crippen MR) is 74.8 cm³/mol. The quantitative estimate of drug-likeness (QED) is 0.911. The number of rotatable bonds is 4. The first-order valence-corrected chi connectivity index (χ1v) is 7.19. The lowest BCUT2D eigenvalue weighted by molar-refractivity contribution is -0.140. The minimum Gasteiger partial charge on any atom is -0.384 e. The molecule has 19 heavy (non-hydrogen) atoms. The van der Waals surface area contributed by atoms with Gasteiger partial charge in [0.25, 0.3) is 0 Å². The van der Waals surface area contributed by atoms with Crippen LogP contribution < -0.4 is 0 Å². The molecule has 4 heteroatoms. The molecule has 1 fully saturated rings. The van der Waals surface area contributed by atoms with E-state index in [1.54, 1.807) is 13.3 Å². The normalized spacial score (nSPS) is 23.2. The Balaban J connectivity index is 2.22. The smallest absolute Gasteiger partial charge is 0.124 e. The second-order valence-corrected chi connectivity index (χ2v) is 6.41. The molecule has 0 saturated heterocycles. The number of hydrogen-bond acceptors (Lipinski definition) is 3. The molecule has 1 N–H and O–H groups in total. The lowest BCUT2D eigenvalue weighted by Gasteiger charge is -2.45. The highest BCUT2D eigenvalue weighted by molar-refractivity contribution is 5.12. The molecule has 1 aromatic heterocycles. The van der Waals surface area contributed by atoms with Crippen LogP contribution in [0.15, 0.2) is 12.3 Å². The Morgan fingerprint density at radius 2 is 2.00 bits per heavy atom. The maximum absolute atomic E-state index is 10.8. The van der Waals surface area contributed by atoms with Gasteiger partial charge in [0.15, 0.2) is 0 Å². The summed E-state index contributed by atoms with van der Waals surface area (Å²) in [5.41, 5.74) is 0.763. The van der Waals surface area contributed by atoms with Crippen molar-refractivity contribution in [2.75, 3.05) is 7.11 Å². The van der Waals surface area contributed by atoms with Crippen LogP contribution in [0.4, 0.5) is 0 Å². The van der Waals surface area contributed by atoms with Crippen LogP contribution in [0, 0.1) is 5.41 Å². The molecule has 0 amide bonds. The molecule has 0 aromatic carbocycles. The average molecular weight is 266 g/mol. The van der Waals surface area contributed by atoms with E-state index >= 15 is 0 Å². The molecule has 4 nitrogen and oxygen atoms in total. The first-order chi connectivity index (χ1) is 8.94. The fourth-order valence-electron chi connectivity index (χ4n) is 3.05. The van der Waals surface area contributed by atoms with Crippen LogP contribution in [0.1, 0.15) is 58.3 Å². The number of aliphatic hydroxyl groups excluding tert-OH is 1. The van der Waals surface area contributed by atoms with Gasteiger partial charge in [0.2, 0.25) is 0 Å². The van der Waals surface area contributed by atoms with Gasteiger partial charge in [0.05, 0.1) is 11.3 Å². The standard InChI is InChI=1S/C15H26N2O2/c1-5-17-12(6-11-16-17)13(18)15(19-4)9-7-14(2,3)8-10-15/h6,11,13,18H,5,7-10H2,1-4H3. The van der Waals surface area contributed by atoms with E-state index in [1.807, 2.05) is 17.7 Å². The Hall–Kier alpha value is -0.870. The summed E-state index contributed by atoms with van der Waals surface area (Å²) in [6.45, 7) is 7.38. The van der Waals surface area contributed by atoms with Crippen LogP contribution in [0.25, 0.3) is 0 Å². The van der Waals surface area contributed by atoms with Crippen LogP contribution >= 0.6 is 0 Å². The third-order valence-electron chi connectivity index (χ3n) is 4.68. The van der Waals surface area contributed by atoms with Crippen molar-refractivity contribution >= 4 is 0 Å². The number of hydrogen-bond donors (Lipinski definition) is 1. The Labute approximate surface area is 115 Å². The number of methoxy groups -OCH3 is 1. The van der Waals surface area contributed by atoms with E-state index in [9.17, 15) is 5.11 Å². The van der Waals surface area contributed by atoms with Gasteiger partial charge < -0.3 is 9.84 Å². The number of aliphatic hydroxyl groups is 1. The molecular weight excluding hydrogens is 240 g/mol. The Kier molecular flexibility index (Phi) is 4.02. The molecule has 1 aromatic rings. The van der Waals surface area contributed by atoms with Crippen LogP contribution in [0.2, 0.25) is 0 Å². The van der Waals surface area contributed by atoms with Gasteiger partial charge in [-0.05, 0) is 44.1 Å². The van der Waals surface area contributed by atoms with Gasteiger partial charge in [-0.25, -0.2) is 0 Å². The zero-order valence-electron chi connectivity index (χ0n) is 12.5. The van der Waals surface area contributed by atoms with E-state index in [0.29, 0.717) is 5.41 Å². The highest BCUT2D eigenvalue weighted by Crippen LogP contribution is 2.47. The maximum atomic E-state index is 10.8. The number of aromatic nitrogens is 2. The van der Waals surface area contributed by atoms with Gasteiger partial charge in [-0.3, -0.25) is 4.68 Å². The van der Waals surface area contributed by atoms with E-state index in [0.717, 1.165) is 37.9 Å². The molecule has 1 saturated carbocycles.